The maximum atomic E-state index is 8.17. The molecule has 0 saturated carbocycles. The zero-order chi connectivity index (χ0) is 77.6. The van der Waals surface area contributed by atoms with Gasteiger partial charge in [-0.05, 0) is 118 Å². The van der Waals surface area contributed by atoms with Crippen LogP contribution in [0.25, 0.3) is 89.8 Å². The fraction of sp³-hybridized carbons (Fsp3) is 0.244. The Bertz CT molecular complexity index is 5100. The number of hydrogen-bond acceptors (Lipinski definition) is 9. The van der Waals surface area contributed by atoms with Crippen LogP contribution in [-0.2, 0) is 40.9 Å². The van der Waals surface area contributed by atoms with E-state index in [9.17, 15) is 0 Å². The lowest BCUT2D eigenvalue weighted by Crippen LogP contribution is -2.31. The molecule has 12 rings (SSSR count). The van der Waals surface area contributed by atoms with Gasteiger partial charge in [0.05, 0.1) is 5.56 Å². The van der Waals surface area contributed by atoms with E-state index in [0.29, 0.717) is 17.2 Å². The number of benzene rings is 4. The van der Waals surface area contributed by atoms with Crippen molar-refractivity contribution in [3.63, 3.8) is 0 Å². The Kier molecular flexibility index (Phi) is 15.9. The lowest BCUT2D eigenvalue weighted by Gasteiger charge is -2.07. The SMILES string of the molecule is [2H]C([2H])(C)c1ncc(-c2ccc(-c3ccccc3C)[n+](C)c2)cn1.[2H]C([2H])([2H])C([2H])(C)C([2H])([2H])c1ncc(-c2ccc(-c3ccccc3C)[n+](C)c2)cn1.[2H]C([2H])([2H])C([2H])(C)c1ncc(-c2ccc(-c3ccccc3C)[n+](C)c2)cn1.[2H]C([2H])([2H])c1nc(C)nc(-c2ccc(-c3ccccc3C)[n+](C)c2)n1. The van der Waals surface area contributed by atoms with Crippen LogP contribution in [0.15, 0.2) is 208 Å². The van der Waals surface area contributed by atoms with Crippen molar-refractivity contribution in [3.05, 3.63) is 259 Å². The Labute approximate surface area is 559 Å². The molecule has 4 aromatic carbocycles. The second-order valence-electron chi connectivity index (χ2n) is 22.0. The number of hydrogen-bond donors (Lipinski definition) is 0. The summed E-state index contributed by atoms with van der Waals surface area (Å²) in [6, 6.07) is 48.8. The molecule has 13 heteroatoms. The van der Waals surface area contributed by atoms with Crippen molar-refractivity contribution in [1.82, 2.24) is 44.9 Å². The monoisotopic (exact) mass is 1220 g/mol. The van der Waals surface area contributed by atoms with Crippen LogP contribution < -0.4 is 18.3 Å². The van der Waals surface area contributed by atoms with Crippen LogP contribution in [0, 0.1) is 47.4 Å². The summed E-state index contributed by atoms with van der Waals surface area (Å²) in [5, 5.41) is 0. The summed E-state index contributed by atoms with van der Waals surface area (Å²) < 4.78 is 123. The molecule has 0 N–H and O–H groups in total. The third-order valence-corrected chi connectivity index (χ3v) is 15.0. The summed E-state index contributed by atoms with van der Waals surface area (Å²) in [5.74, 6) is -3.78. The Morgan fingerprint density at radius 1 is 0.396 bits per heavy atom. The van der Waals surface area contributed by atoms with E-state index < -0.39 is 45.1 Å². The molecule has 91 heavy (non-hydrogen) atoms. The van der Waals surface area contributed by atoms with Gasteiger partial charge in [-0.15, -0.1) is 0 Å². The van der Waals surface area contributed by atoms with Gasteiger partial charge >= 0.3 is 0 Å². The minimum atomic E-state index is -2.82. The van der Waals surface area contributed by atoms with E-state index >= 15 is 0 Å². The van der Waals surface area contributed by atoms with Gasteiger partial charge < -0.3 is 0 Å². The van der Waals surface area contributed by atoms with Crippen LogP contribution in [0.5, 0.6) is 0 Å². The zero-order valence-electron chi connectivity index (χ0n) is 68.4. The summed E-state index contributed by atoms with van der Waals surface area (Å²) in [5.41, 5.74) is 19.6. The summed E-state index contributed by atoms with van der Waals surface area (Å²) >= 11 is 0. The van der Waals surface area contributed by atoms with Gasteiger partial charge in [0.2, 0.25) is 22.8 Å². The number of nitrogens with zero attached hydrogens (tertiary/aromatic N) is 13. The molecule has 0 amide bonds. The van der Waals surface area contributed by atoms with E-state index in [0.717, 1.165) is 74.2 Å². The normalized spacial score (nSPS) is 15.3. The van der Waals surface area contributed by atoms with Crippen molar-refractivity contribution < 1.29 is 38.8 Å². The first kappa shape index (κ1) is 47.7. The average Bonchev–Trinajstić information content (AvgIpc) is 0.760. The highest BCUT2D eigenvalue weighted by molar-refractivity contribution is 5.68. The van der Waals surface area contributed by atoms with Crippen LogP contribution in [-0.4, -0.2) is 44.9 Å². The molecule has 0 fully saturated rings. The Morgan fingerprint density at radius 3 is 1.08 bits per heavy atom. The van der Waals surface area contributed by atoms with Gasteiger partial charge in [-0.3, -0.25) is 0 Å². The smallest absolute Gasteiger partial charge is 0.212 e. The quantitative estimate of drug-likeness (QED) is 0.110. The van der Waals surface area contributed by atoms with Gasteiger partial charge in [-0.2, -0.15) is 0 Å². The van der Waals surface area contributed by atoms with Crippen molar-refractivity contribution in [1.29, 1.82) is 0 Å². The molecule has 0 aliphatic rings. The first-order valence-corrected chi connectivity index (χ1v) is 29.5. The van der Waals surface area contributed by atoms with E-state index in [1.807, 2.05) is 158 Å². The zero-order valence-corrected chi connectivity index (χ0v) is 53.4. The molecule has 2 atom stereocenters. The lowest BCUT2D eigenvalue weighted by molar-refractivity contribution is -0.660. The highest BCUT2D eigenvalue weighted by atomic mass is 15.0. The van der Waals surface area contributed by atoms with E-state index in [1.165, 1.54) is 59.6 Å². The van der Waals surface area contributed by atoms with E-state index in [1.54, 1.807) is 31.7 Å². The first-order chi connectivity index (χ1) is 49.6. The third-order valence-electron chi connectivity index (χ3n) is 15.0. The minimum absolute atomic E-state index is 0.00726. The fourth-order valence-electron chi connectivity index (χ4n) is 10.2. The van der Waals surface area contributed by atoms with Crippen LogP contribution in [0.2, 0.25) is 0 Å². The first-order valence-electron chi connectivity index (χ1n) is 37.0. The largest absolute Gasteiger partial charge is 0.241 e. The molecule has 0 bridgehead atoms. The molecule has 0 aliphatic heterocycles. The molecule has 8 aromatic heterocycles. The summed E-state index contributed by atoms with van der Waals surface area (Å²) in [4.78, 5) is 37.1. The van der Waals surface area contributed by atoms with Crippen LogP contribution in [0.1, 0.15) is 112 Å². The summed E-state index contributed by atoms with van der Waals surface area (Å²) in [6.07, 6.45) is 13.2. The van der Waals surface area contributed by atoms with Gasteiger partial charge in [0.15, 0.2) is 30.6 Å². The van der Waals surface area contributed by atoms with Crippen LogP contribution in [0.4, 0.5) is 0 Å². The number of aryl methyl sites for hydroxylation is 11. The number of rotatable bonds is 12. The summed E-state index contributed by atoms with van der Waals surface area (Å²) in [7, 11) is 7.89. The molecule has 0 radical (unpaired) electrons. The van der Waals surface area contributed by atoms with Gasteiger partial charge in [-0.1, -0.05) is 107 Å². The molecular weight excluding hydrogens is 1120 g/mol. The van der Waals surface area contributed by atoms with Gasteiger partial charge in [0.25, 0.3) is 0 Å². The molecule has 458 valence electrons. The predicted octanol–water partition coefficient (Wildman–Crippen LogP) is 14.7. The second-order valence-corrected chi connectivity index (χ2v) is 22.0. The molecule has 0 saturated heterocycles. The van der Waals surface area contributed by atoms with E-state index in [2.05, 4.69) is 132 Å². The van der Waals surface area contributed by atoms with Crippen molar-refractivity contribution in [3.8, 4) is 89.8 Å². The van der Waals surface area contributed by atoms with Gasteiger partial charge in [0.1, 0.15) is 57.3 Å². The molecule has 8 heterocycles. The minimum Gasteiger partial charge on any atom is -0.241 e. The summed E-state index contributed by atoms with van der Waals surface area (Å²) in [6.45, 7) is 6.13. The molecular formula is C78H85N13+4. The molecule has 12 aromatic rings. The Hall–Kier alpha value is -10.3. The van der Waals surface area contributed by atoms with Crippen molar-refractivity contribution in [2.75, 3.05) is 0 Å². The van der Waals surface area contributed by atoms with Crippen molar-refractivity contribution in [2.24, 2.45) is 34.1 Å². The maximum absolute atomic E-state index is 8.17. The van der Waals surface area contributed by atoms with Gasteiger partial charge in [0, 0.05) is 156 Å². The molecule has 13 nitrogen and oxygen atoms in total. The number of aromatic nitrogens is 13. The Balaban J connectivity index is 0.000000164. The number of pyridine rings is 4. The maximum Gasteiger partial charge on any atom is 0.212 e. The Morgan fingerprint density at radius 2 is 0.736 bits per heavy atom. The highest BCUT2D eigenvalue weighted by Crippen LogP contribution is 2.28. The highest BCUT2D eigenvalue weighted by Gasteiger charge is 2.19. The van der Waals surface area contributed by atoms with Crippen molar-refractivity contribution >= 4 is 0 Å². The second kappa shape index (κ2) is 30.3. The molecule has 0 aliphatic carbocycles. The van der Waals surface area contributed by atoms with Crippen molar-refractivity contribution in [2.45, 2.75) is 94.6 Å². The lowest BCUT2D eigenvalue weighted by atomic mass is 10.0. The standard InChI is InChI=1S/C21H24N3.C20H22N3.C19H20N3.C18H19N4/c1-15(2)11-21-22-12-18(13-23-21)17-9-10-20(24(4)14-17)19-8-6-5-7-16(19)3;1-14(2)20-21-11-17(12-22-20)16-9-10-19(23(4)13-16)18-8-6-5-7-15(18)3;1-4-19-20-11-16(12-21-19)15-9-10-18(22(3)13-15)17-8-6-5-7-14(17)2;1-12-7-5-6-8-16(12)17-10-9-15(11-22(17)4)18-20-13(2)19-14(3)21-18/h5-10,12-15H,11H2,1-4H3;5-14H,1-4H3;5-13H,4H2,1-3H3;5-11H,1-4H3/q4*+1/i1D3,11D2,15D;1D3,14D;4D2;2D3. The topological polar surface area (TPSA) is 132 Å². The van der Waals surface area contributed by atoms with E-state index in [-0.39, 0.29) is 23.3 Å². The molecule has 0 spiro atoms. The van der Waals surface area contributed by atoms with Crippen LogP contribution >= 0.6 is 0 Å². The fourth-order valence-corrected chi connectivity index (χ4v) is 10.2. The van der Waals surface area contributed by atoms with E-state index in [4.69, 9.17) is 20.6 Å². The average molecular weight is 1220 g/mol. The third kappa shape index (κ3) is 16.7. The molecule has 2 unspecified atom stereocenters. The predicted molar refractivity (Wildman–Crippen MR) is 365 cm³/mol. The van der Waals surface area contributed by atoms with Crippen LogP contribution in [0.3, 0.4) is 0 Å². The van der Waals surface area contributed by atoms with Gasteiger partial charge in [-0.25, -0.2) is 63.1 Å².